The van der Waals surface area contributed by atoms with Crippen LogP contribution in [0.1, 0.15) is 36.1 Å². The number of hydrogen-bond donors (Lipinski definition) is 0. The molecule has 4 aromatic carbocycles. The topological polar surface area (TPSA) is 31.7 Å². The van der Waals surface area contributed by atoms with Gasteiger partial charge in [-0.05, 0) is 72.9 Å². The molecule has 0 aliphatic carbocycles. The van der Waals surface area contributed by atoms with E-state index in [2.05, 4.69) is 157 Å². The molecule has 5 aromatic rings. The molecule has 0 radical (unpaired) electrons. The maximum absolute atomic E-state index is 5.42. The lowest BCUT2D eigenvalue weighted by atomic mass is 9.69. The number of benzene rings is 4. The summed E-state index contributed by atoms with van der Waals surface area (Å²) in [4.78, 5) is 7.20. The molecule has 0 bridgehead atoms. The molecule has 1 aliphatic heterocycles. The van der Waals surface area contributed by atoms with E-state index in [1.165, 1.54) is 22.4 Å². The lowest BCUT2D eigenvalue weighted by Gasteiger charge is -2.42. The smallest absolute Gasteiger partial charge is 0.150 e. The van der Waals surface area contributed by atoms with Crippen LogP contribution >= 0.6 is 0 Å². The molecule has 0 N–H and O–H groups in total. The van der Waals surface area contributed by atoms with Crippen molar-refractivity contribution < 1.29 is 0 Å². The van der Waals surface area contributed by atoms with Gasteiger partial charge in [0.25, 0.3) is 0 Å². The predicted molar refractivity (Wildman–Crippen MR) is 180 cm³/mol. The highest BCUT2D eigenvalue weighted by Gasteiger charge is 2.53. The van der Waals surface area contributed by atoms with Gasteiger partial charge in [0.15, 0.2) is 0 Å². The molecule has 0 fully saturated rings. The number of hydrazone groups is 1. The van der Waals surface area contributed by atoms with Gasteiger partial charge in [-0.3, -0.25) is 0 Å². The number of aromatic nitrogens is 1. The highest BCUT2D eigenvalue weighted by Crippen LogP contribution is 2.50. The van der Waals surface area contributed by atoms with Gasteiger partial charge in [0.05, 0.1) is 5.71 Å². The second-order valence-corrected chi connectivity index (χ2v) is 10.9. The summed E-state index contributed by atoms with van der Waals surface area (Å²) in [5, 5.41) is 7.58. The SMILES string of the molecule is CCN(CC)c1ccc(C=CC2=NN(c3ccccn3)C(c3ccccc3)(c3ccccc3)C2Cc2ccccc2)cc1. The Kier molecular flexibility index (Phi) is 8.46. The highest BCUT2D eigenvalue weighted by atomic mass is 15.5. The van der Waals surface area contributed by atoms with Gasteiger partial charge in [0.1, 0.15) is 11.4 Å². The molecule has 0 saturated carbocycles. The van der Waals surface area contributed by atoms with Gasteiger partial charge in [-0.25, -0.2) is 9.99 Å². The summed E-state index contributed by atoms with van der Waals surface area (Å²) in [6, 6.07) is 47.2. The average Bonchev–Trinajstić information content (AvgIpc) is 3.41. The molecule has 1 unspecified atom stereocenters. The highest BCUT2D eigenvalue weighted by molar-refractivity contribution is 6.04. The van der Waals surface area contributed by atoms with Crippen LogP contribution in [0.15, 0.2) is 151 Å². The van der Waals surface area contributed by atoms with Gasteiger partial charge in [0, 0.05) is 30.9 Å². The van der Waals surface area contributed by atoms with Crippen LogP contribution in [0, 0.1) is 5.92 Å². The minimum Gasteiger partial charge on any atom is -0.372 e. The standard InChI is InChI=1S/C39H38N4/c1-3-42(4-2)35-26-23-31(24-27-35)25-28-37-36(30-32-16-8-5-9-17-32)39(33-18-10-6-11-19-33,34-20-12-7-13-21-34)43(41-37)38-22-14-15-29-40-38/h5-29,36H,3-4,30H2,1-2H3. The maximum Gasteiger partial charge on any atom is 0.150 e. The molecule has 214 valence electrons. The largest absolute Gasteiger partial charge is 0.372 e. The summed E-state index contributed by atoms with van der Waals surface area (Å²) in [7, 11) is 0. The normalized spacial score (nSPS) is 15.9. The fourth-order valence-electron chi connectivity index (χ4n) is 6.35. The minimum atomic E-state index is -0.612. The van der Waals surface area contributed by atoms with Gasteiger partial charge in [-0.1, -0.05) is 115 Å². The van der Waals surface area contributed by atoms with Crippen molar-refractivity contribution in [2.24, 2.45) is 11.0 Å². The summed E-state index contributed by atoms with van der Waals surface area (Å²) >= 11 is 0. The van der Waals surface area contributed by atoms with Crippen molar-refractivity contribution in [3.8, 4) is 0 Å². The monoisotopic (exact) mass is 562 g/mol. The first-order valence-corrected chi connectivity index (χ1v) is 15.2. The van der Waals surface area contributed by atoms with Crippen molar-refractivity contribution in [1.29, 1.82) is 0 Å². The Bertz CT molecular complexity index is 1600. The first-order valence-electron chi connectivity index (χ1n) is 15.2. The lowest BCUT2D eigenvalue weighted by molar-refractivity contribution is 0.409. The van der Waals surface area contributed by atoms with Crippen molar-refractivity contribution in [1.82, 2.24) is 4.98 Å². The van der Waals surface area contributed by atoms with Gasteiger partial charge < -0.3 is 4.90 Å². The van der Waals surface area contributed by atoms with E-state index in [1.54, 1.807) is 0 Å². The van der Waals surface area contributed by atoms with E-state index >= 15 is 0 Å². The molecule has 4 heteroatoms. The Hall–Kier alpha value is -4.96. The number of rotatable bonds is 10. The molecule has 1 aliphatic rings. The number of anilines is 2. The zero-order valence-corrected chi connectivity index (χ0v) is 24.9. The average molecular weight is 563 g/mol. The second-order valence-electron chi connectivity index (χ2n) is 10.9. The first kappa shape index (κ1) is 28.2. The Balaban J connectivity index is 1.53. The lowest BCUT2D eigenvalue weighted by Crippen LogP contribution is -2.48. The van der Waals surface area contributed by atoms with E-state index in [-0.39, 0.29) is 5.92 Å². The number of allylic oxidation sites excluding steroid dienone is 1. The van der Waals surface area contributed by atoms with Crippen LogP contribution in [0.2, 0.25) is 0 Å². The Morgan fingerprint density at radius 2 is 1.26 bits per heavy atom. The van der Waals surface area contributed by atoms with E-state index in [0.717, 1.165) is 36.6 Å². The summed E-state index contributed by atoms with van der Waals surface area (Å²) in [6.45, 7) is 6.38. The molecule has 0 spiro atoms. The quantitative estimate of drug-likeness (QED) is 0.171. The van der Waals surface area contributed by atoms with Crippen LogP contribution in [-0.2, 0) is 12.0 Å². The zero-order chi connectivity index (χ0) is 29.5. The molecule has 6 rings (SSSR count). The molecule has 0 amide bonds. The third-order valence-corrected chi connectivity index (χ3v) is 8.46. The van der Waals surface area contributed by atoms with Crippen molar-refractivity contribution in [3.05, 3.63) is 168 Å². The molecule has 0 saturated heterocycles. The first-order chi connectivity index (χ1) is 21.2. The summed E-state index contributed by atoms with van der Waals surface area (Å²) in [5.74, 6) is 0.827. The molecular weight excluding hydrogens is 524 g/mol. The van der Waals surface area contributed by atoms with E-state index in [1.807, 2.05) is 18.3 Å². The summed E-state index contributed by atoms with van der Waals surface area (Å²) in [5.41, 5.74) is 6.45. The molecule has 43 heavy (non-hydrogen) atoms. The minimum absolute atomic E-state index is 0.00732. The van der Waals surface area contributed by atoms with E-state index < -0.39 is 5.54 Å². The van der Waals surface area contributed by atoms with Gasteiger partial charge in [-0.2, -0.15) is 5.10 Å². The fourth-order valence-corrected chi connectivity index (χ4v) is 6.35. The van der Waals surface area contributed by atoms with Crippen LogP contribution in [0.3, 0.4) is 0 Å². The second kappa shape index (κ2) is 12.9. The number of pyridine rings is 1. The van der Waals surface area contributed by atoms with E-state index in [0.29, 0.717) is 0 Å². The van der Waals surface area contributed by atoms with Crippen LogP contribution in [0.5, 0.6) is 0 Å². The molecule has 1 aromatic heterocycles. The van der Waals surface area contributed by atoms with Gasteiger partial charge in [-0.15, -0.1) is 0 Å². The Labute approximate surface area is 255 Å². The zero-order valence-electron chi connectivity index (χ0n) is 24.9. The third kappa shape index (κ3) is 5.61. The van der Waals surface area contributed by atoms with Crippen molar-refractivity contribution >= 4 is 23.3 Å². The van der Waals surface area contributed by atoms with Crippen LogP contribution in [0.25, 0.3) is 6.08 Å². The van der Waals surface area contributed by atoms with Crippen molar-refractivity contribution in [2.45, 2.75) is 25.8 Å². The van der Waals surface area contributed by atoms with Crippen LogP contribution in [0.4, 0.5) is 11.5 Å². The molecule has 1 atom stereocenters. The predicted octanol–water partition coefficient (Wildman–Crippen LogP) is 8.62. The molecule has 2 heterocycles. The van der Waals surface area contributed by atoms with Crippen LogP contribution < -0.4 is 9.91 Å². The van der Waals surface area contributed by atoms with Crippen LogP contribution in [-0.4, -0.2) is 23.8 Å². The number of nitrogens with zero attached hydrogens (tertiary/aromatic N) is 4. The summed E-state index contributed by atoms with van der Waals surface area (Å²) < 4.78 is 0. The summed E-state index contributed by atoms with van der Waals surface area (Å²) in [6.07, 6.45) is 7.08. The van der Waals surface area contributed by atoms with Crippen molar-refractivity contribution in [2.75, 3.05) is 23.0 Å². The molecular formula is C39H38N4. The Morgan fingerprint density at radius 3 is 1.81 bits per heavy atom. The Morgan fingerprint density at radius 1 is 0.674 bits per heavy atom. The fraction of sp³-hybridized carbons (Fsp3) is 0.179. The van der Waals surface area contributed by atoms with Crippen molar-refractivity contribution in [3.63, 3.8) is 0 Å². The third-order valence-electron chi connectivity index (χ3n) is 8.46. The maximum atomic E-state index is 5.42. The molecule has 4 nitrogen and oxygen atoms in total. The van der Waals surface area contributed by atoms with Gasteiger partial charge >= 0.3 is 0 Å². The van der Waals surface area contributed by atoms with E-state index in [4.69, 9.17) is 10.1 Å². The van der Waals surface area contributed by atoms with E-state index in [9.17, 15) is 0 Å². The van der Waals surface area contributed by atoms with Gasteiger partial charge in [0.2, 0.25) is 0 Å². The number of hydrogen-bond acceptors (Lipinski definition) is 4.